The molecule has 0 unspecified atom stereocenters. The Kier molecular flexibility index (Phi) is 4.31. The van der Waals surface area contributed by atoms with Gasteiger partial charge in [-0.05, 0) is 37.3 Å². The number of nitrogens with one attached hydrogen (secondary N) is 1. The van der Waals surface area contributed by atoms with E-state index in [1.807, 2.05) is 19.2 Å². The van der Waals surface area contributed by atoms with E-state index in [9.17, 15) is 0 Å². The Bertz CT molecular complexity index is 323. The fourth-order valence-corrected chi connectivity index (χ4v) is 1.61. The molecule has 0 aliphatic heterocycles. The molecule has 0 radical (unpaired) electrons. The van der Waals surface area contributed by atoms with Crippen molar-refractivity contribution in [2.24, 2.45) is 5.92 Å². The van der Waals surface area contributed by atoms with E-state index in [2.05, 4.69) is 16.4 Å². The van der Waals surface area contributed by atoms with Gasteiger partial charge < -0.3 is 10.1 Å². The minimum absolute atomic E-state index is 0.815. The second-order valence-corrected chi connectivity index (χ2v) is 4.44. The molecule has 0 saturated heterocycles. The van der Waals surface area contributed by atoms with Crippen molar-refractivity contribution in [2.45, 2.75) is 26.3 Å². The third kappa shape index (κ3) is 3.91. The Morgan fingerprint density at radius 1 is 1.50 bits per heavy atom. The molecule has 1 aliphatic carbocycles. The monoisotopic (exact) mass is 220 g/mol. The molecule has 3 heteroatoms. The van der Waals surface area contributed by atoms with Gasteiger partial charge in [-0.2, -0.15) is 0 Å². The molecular weight excluding hydrogens is 200 g/mol. The van der Waals surface area contributed by atoms with Gasteiger partial charge in [-0.3, -0.25) is 4.98 Å². The Balaban J connectivity index is 1.55. The van der Waals surface area contributed by atoms with E-state index in [0.29, 0.717) is 0 Å². The molecular formula is C13H20N2O. The van der Waals surface area contributed by atoms with E-state index < -0.39 is 0 Å². The van der Waals surface area contributed by atoms with E-state index in [4.69, 9.17) is 4.74 Å². The Hall–Kier alpha value is -0.930. The summed E-state index contributed by atoms with van der Waals surface area (Å²) in [6.45, 7) is 5.61. The van der Waals surface area contributed by atoms with E-state index in [1.165, 1.54) is 18.4 Å². The number of nitrogens with zero attached hydrogens (tertiary/aromatic N) is 1. The molecule has 2 rings (SSSR count). The maximum Gasteiger partial charge on any atom is 0.0591 e. The van der Waals surface area contributed by atoms with Crippen molar-refractivity contribution in [3.8, 4) is 0 Å². The Morgan fingerprint density at radius 3 is 3.12 bits per heavy atom. The molecule has 3 nitrogen and oxygen atoms in total. The lowest BCUT2D eigenvalue weighted by atomic mass is 10.2. The van der Waals surface area contributed by atoms with Gasteiger partial charge in [-0.25, -0.2) is 0 Å². The van der Waals surface area contributed by atoms with Gasteiger partial charge in [0.25, 0.3) is 0 Å². The first kappa shape index (κ1) is 11.6. The molecule has 0 amide bonds. The lowest BCUT2D eigenvalue weighted by molar-refractivity contribution is 0.126. The molecule has 0 spiro atoms. The van der Waals surface area contributed by atoms with Crippen LogP contribution in [-0.4, -0.2) is 24.7 Å². The molecule has 1 fully saturated rings. The molecule has 1 heterocycles. The SMILES string of the molecule is Cc1ncccc1CNCCOCC1CC1. The van der Waals surface area contributed by atoms with Crippen molar-refractivity contribution >= 4 is 0 Å². The highest BCUT2D eigenvalue weighted by Crippen LogP contribution is 2.28. The molecule has 1 saturated carbocycles. The van der Waals surface area contributed by atoms with E-state index >= 15 is 0 Å². The summed E-state index contributed by atoms with van der Waals surface area (Å²) in [4.78, 5) is 4.25. The van der Waals surface area contributed by atoms with Crippen LogP contribution >= 0.6 is 0 Å². The third-order valence-electron chi connectivity index (χ3n) is 2.91. The van der Waals surface area contributed by atoms with Crippen LogP contribution in [0.25, 0.3) is 0 Å². The molecule has 0 aromatic carbocycles. The van der Waals surface area contributed by atoms with Gasteiger partial charge in [0, 0.05) is 31.6 Å². The minimum Gasteiger partial charge on any atom is -0.380 e. The maximum atomic E-state index is 5.55. The topological polar surface area (TPSA) is 34.2 Å². The zero-order chi connectivity index (χ0) is 11.2. The summed E-state index contributed by atoms with van der Waals surface area (Å²) in [5.41, 5.74) is 2.37. The maximum absolute atomic E-state index is 5.55. The van der Waals surface area contributed by atoms with Crippen LogP contribution in [0.15, 0.2) is 18.3 Å². The average molecular weight is 220 g/mol. The fourth-order valence-electron chi connectivity index (χ4n) is 1.61. The van der Waals surface area contributed by atoms with Crippen LogP contribution < -0.4 is 5.32 Å². The first-order chi connectivity index (χ1) is 7.86. The van der Waals surface area contributed by atoms with Crippen LogP contribution in [0.2, 0.25) is 0 Å². The minimum atomic E-state index is 0.815. The summed E-state index contributed by atoms with van der Waals surface area (Å²) in [5.74, 6) is 0.862. The van der Waals surface area contributed by atoms with Crippen LogP contribution in [0.1, 0.15) is 24.1 Å². The van der Waals surface area contributed by atoms with Crippen LogP contribution in [0.3, 0.4) is 0 Å². The summed E-state index contributed by atoms with van der Waals surface area (Å²) < 4.78 is 5.55. The average Bonchev–Trinajstić information content (AvgIpc) is 3.09. The standard InChI is InChI=1S/C13H20N2O/c1-11-13(3-2-6-15-11)9-14-7-8-16-10-12-4-5-12/h2-3,6,12,14H,4-5,7-10H2,1H3. The highest BCUT2D eigenvalue weighted by molar-refractivity contribution is 5.17. The van der Waals surface area contributed by atoms with Gasteiger partial charge in [0.1, 0.15) is 0 Å². The third-order valence-corrected chi connectivity index (χ3v) is 2.91. The normalized spacial score (nSPS) is 15.3. The molecule has 88 valence electrons. The molecule has 1 N–H and O–H groups in total. The van der Waals surface area contributed by atoms with Gasteiger partial charge in [0.15, 0.2) is 0 Å². The number of ether oxygens (including phenoxy) is 1. The van der Waals surface area contributed by atoms with E-state index in [0.717, 1.165) is 37.9 Å². The highest BCUT2D eigenvalue weighted by atomic mass is 16.5. The van der Waals surface area contributed by atoms with Crippen molar-refractivity contribution in [1.82, 2.24) is 10.3 Å². The van der Waals surface area contributed by atoms with E-state index in [-0.39, 0.29) is 0 Å². The fraction of sp³-hybridized carbons (Fsp3) is 0.615. The summed E-state index contributed by atoms with van der Waals surface area (Å²) >= 11 is 0. The van der Waals surface area contributed by atoms with Crippen LogP contribution in [0.5, 0.6) is 0 Å². The van der Waals surface area contributed by atoms with Crippen molar-refractivity contribution in [1.29, 1.82) is 0 Å². The van der Waals surface area contributed by atoms with Gasteiger partial charge in [-0.15, -0.1) is 0 Å². The predicted octanol–water partition coefficient (Wildman–Crippen LogP) is 1.91. The van der Waals surface area contributed by atoms with Gasteiger partial charge in [0.2, 0.25) is 0 Å². The lowest BCUT2D eigenvalue weighted by Gasteiger charge is -2.07. The largest absolute Gasteiger partial charge is 0.380 e. The summed E-state index contributed by atoms with van der Waals surface area (Å²) in [5, 5.41) is 3.37. The summed E-state index contributed by atoms with van der Waals surface area (Å²) in [6, 6.07) is 4.09. The first-order valence-corrected chi connectivity index (χ1v) is 6.05. The molecule has 0 atom stereocenters. The number of aromatic nitrogens is 1. The highest BCUT2D eigenvalue weighted by Gasteiger charge is 2.20. The second kappa shape index (κ2) is 5.97. The van der Waals surface area contributed by atoms with Crippen LogP contribution in [-0.2, 0) is 11.3 Å². The molecule has 1 aromatic heterocycles. The van der Waals surface area contributed by atoms with Crippen molar-refractivity contribution in [3.05, 3.63) is 29.6 Å². The zero-order valence-electron chi connectivity index (χ0n) is 9.91. The predicted molar refractivity (Wildman–Crippen MR) is 64.2 cm³/mol. The second-order valence-electron chi connectivity index (χ2n) is 4.44. The summed E-state index contributed by atoms with van der Waals surface area (Å²) in [6.07, 6.45) is 4.56. The van der Waals surface area contributed by atoms with E-state index in [1.54, 1.807) is 0 Å². The molecule has 0 bridgehead atoms. The van der Waals surface area contributed by atoms with Crippen LogP contribution in [0.4, 0.5) is 0 Å². The van der Waals surface area contributed by atoms with Gasteiger partial charge >= 0.3 is 0 Å². The first-order valence-electron chi connectivity index (χ1n) is 6.05. The Morgan fingerprint density at radius 2 is 2.38 bits per heavy atom. The summed E-state index contributed by atoms with van der Waals surface area (Å²) in [7, 11) is 0. The van der Waals surface area contributed by atoms with Crippen molar-refractivity contribution in [3.63, 3.8) is 0 Å². The smallest absolute Gasteiger partial charge is 0.0591 e. The zero-order valence-corrected chi connectivity index (χ0v) is 9.91. The van der Waals surface area contributed by atoms with Crippen molar-refractivity contribution in [2.75, 3.05) is 19.8 Å². The van der Waals surface area contributed by atoms with Gasteiger partial charge in [0.05, 0.1) is 6.61 Å². The quantitative estimate of drug-likeness (QED) is 0.713. The molecule has 1 aromatic rings. The Labute approximate surface area is 97.2 Å². The number of pyridine rings is 1. The van der Waals surface area contributed by atoms with Gasteiger partial charge in [-0.1, -0.05) is 6.07 Å². The number of rotatable bonds is 7. The number of hydrogen-bond acceptors (Lipinski definition) is 3. The lowest BCUT2D eigenvalue weighted by Crippen LogP contribution is -2.20. The molecule has 16 heavy (non-hydrogen) atoms. The van der Waals surface area contributed by atoms with Crippen LogP contribution in [0, 0.1) is 12.8 Å². The van der Waals surface area contributed by atoms with Crippen molar-refractivity contribution < 1.29 is 4.74 Å². The molecule has 1 aliphatic rings. The number of hydrogen-bond donors (Lipinski definition) is 1. The number of aryl methyl sites for hydroxylation is 1.